The van der Waals surface area contributed by atoms with Gasteiger partial charge in [-0.2, -0.15) is 0 Å². The second-order valence-electron chi connectivity index (χ2n) is 6.49. The van der Waals surface area contributed by atoms with Gasteiger partial charge in [0.2, 0.25) is 18.2 Å². The van der Waals surface area contributed by atoms with E-state index in [1.54, 1.807) is 23.6 Å². The van der Waals surface area contributed by atoms with Crippen molar-refractivity contribution in [2.45, 2.75) is 57.8 Å². The van der Waals surface area contributed by atoms with Crippen molar-refractivity contribution in [1.82, 2.24) is 20.0 Å². The quantitative estimate of drug-likeness (QED) is 0.794. The fraction of sp³-hybridized carbons (Fsp3) is 0.733. The van der Waals surface area contributed by atoms with Crippen molar-refractivity contribution in [3.8, 4) is 0 Å². The summed E-state index contributed by atoms with van der Waals surface area (Å²) in [5.41, 5.74) is -0.778. The highest BCUT2D eigenvalue weighted by atomic mass is 16.4. The number of carbonyl (C=O) groups excluding carboxylic acids is 2. The van der Waals surface area contributed by atoms with Crippen molar-refractivity contribution in [1.29, 1.82) is 0 Å². The summed E-state index contributed by atoms with van der Waals surface area (Å²) in [7, 11) is 0. The average Bonchev–Trinajstić information content (AvgIpc) is 3.20. The van der Waals surface area contributed by atoms with Gasteiger partial charge in [-0.3, -0.25) is 9.59 Å². The van der Waals surface area contributed by atoms with Crippen LogP contribution in [0.1, 0.15) is 39.5 Å². The second kappa shape index (κ2) is 5.59. The number of nitrogens with zero attached hydrogens (tertiary/aromatic N) is 4. The SMILES string of the molecule is CC1N(Cc2nnco2)C(=O)C12CCCN2C(=O)[C@@H](C)[C@@H](C)O. The van der Waals surface area contributed by atoms with Crippen LogP contribution in [-0.4, -0.2) is 61.1 Å². The van der Waals surface area contributed by atoms with E-state index in [1.165, 1.54) is 6.39 Å². The molecule has 23 heavy (non-hydrogen) atoms. The van der Waals surface area contributed by atoms with E-state index in [1.807, 2.05) is 6.92 Å². The molecule has 4 atom stereocenters. The number of hydrogen-bond acceptors (Lipinski definition) is 6. The summed E-state index contributed by atoms with van der Waals surface area (Å²) in [5, 5.41) is 17.1. The van der Waals surface area contributed by atoms with Crippen molar-refractivity contribution in [3.05, 3.63) is 12.3 Å². The summed E-state index contributed by atoms with van der Waals surface area (Å²) in [5.74, 6) is -0.370. The number of aliphatic hydroxyl groups is 1. The van der Waals surface area contributed by atoms with Crippen LogP contribution in [0.3, 0.4) is 0 Å². The minimum atomic E-state index is -0.778. The molecule has 2 aliphatic rings. The monoisotopic (exact) mass is 322 g/mol. The minimum Gasteiger partial charge on any atom is -0.426 e. The third-order valence-corrected chi connectivity index (χ3v) is 5.30. The Morgan fingerprint density at radius 3 is 2.87 bits per heavy atom. The molecule has 2 saturated heterocycles. The molecule has 2 aliphatic heterocycles. The summed E-state index contributed by atoms with van der Waals surface area (Å²) < 4.78 is 5.10. The third-order valence-electron chi connectivity index (χ3n) is 5.30. The lowest BCUT2D eigenvalue weighted by molar-refractivity contribution is -0.181. The summed E-state index contributed by atoms with van der Waals surface area (Å²) >= 11 is 0. The number of β-lactam (4-membered cyclic amide) rings is 1. The van der Waals surface area contributed by atoms with Crippen LogP contribution in [-0.2, 0) is 16.1 Å². The van der Waals surface area contributed by atoms with E-state index in [0.29, 0.717) is 18.9 Å². The largest absolute Gasteiger partial charge is 0.426 e. The number of rotatable bonds is 4. The van der Waals surface area contributed by atoms with Gasteiger partial charge in [0.1, 0.15) is 5.54 Å². The van der Waals surface area contributed by atoms with Gasteiger partial charge < -0.3 is 19.3 Å². The Labute approximate surface area is 134 Å². The van der Waals surface area contributed by atoms with E-state index in [-0.39, 0.29) is 24.4 Å². The maximum atomic E-state index is 12.8. The summed E-state index contributed by atoms with van der Waals surface area (Å²) in [6.07, 6.45) is 1.95. The molecule has 0 aliphatic carbocycles. The number of hydrogen-bond donors (Lipinski definition) is 1. The molecule has 2 fully saturated rings. The molecule has 3 heterocycles. The Morgan fingerprint density at radius 1 is 1.57 bits per heavy atom. The Kier molecular flexibility index (Phi) is 3.87. The number of amides is 2. The van der Waals surface area contributed by atoms with Crippen LogP contribution in [0.4, 0.5) is 0 Å². The average molecular weight is 322 g/mol. The molecule has 3 rings (SSSR count). The molecule has 1 N–H and O–H groups in total. The fourth-order valence-corrected chi connectivity index (χ4v) is 3.67. The zero-order chi connectivity index (χ0) is 16.8. The zero-order valence-electron chi connectivity index (χ0n) is 13.6. The predicted molar refractivity (Wildman–Crippen MR) is 78.8 cm³/mol. The Bertz CT molecular complexity index is 603. The first-order chi connectivity index (χ1) is 10.9. The van der Waals surface area contributed by atoms with Crippen LogP contribution >= 0.6 is 0 Å². The van der Waals surface area contributed by atoms with Crippen LogP contribution < -0.4 is 0 Å². The van der Waals surface area contributed by atoms with E-state index in [0.717, 1.165) is 6.42 Å². The lowest BCUT2D eigenvalue weighted by Crippen LogP contribution is -2.78. The maximum absolute atomic E-state index is 12.8. The lowest BCUT2D eigenvalue weighted by atomic mass is 9.76. The highest BCUT2D eigenvalue weighted by Crippen LogP contribution is 2.45. The Morgan fingerprint density at radius 2 is 2.30 bits per heavy atom. The smallest absolute Gasteiger partial charge is 0.251 e. The zero-order valence-corrected chi connectivity index (χ0v) is 13.6. The van der Waals surface area contributed by atoms with Crippen molar-refractivity contribution >= 4 is 11.8 Å². The predicted octanol–water partition coefficient (Wildman–Crippen LogP) is 0.178. The van der Waals surface area contributed by atoms with Crippen molar-refractivity contribution in [3.63, 3.8) is 0 Å². The van der Waals surface area contributed by atoms with Gasteiger partial charge in [-0.1, -0.05) is 6.92 Å². The summed E-state index contributed by atoms with van der Waals surface area (Å²) in [6.45, 7) is 6.05. The van der Waals surface area contributed by atoms with Gasteiger partial charge >= 0.3 is 0 Å². The number of carbonyl (C=O) groups is 2. The van der Waals surface area contributed by atoms with Crippen LogP contribution in [0.2, 0.25) is 0 Å². The van der Waals surface area contributed by atoms with Gasteiger partial charge in [-0.25, -0.2) is 0 Å². The van der Waals surface area contributed by atoms with E-state index in [9.17, 15) is 14.7 Å². The molecule has 1 spiro atoms. The topological polar surface area (TPSA) is 99.8 Å². The third kappa shape index (κ3) is 2.23. The maximum Gasteiger partial charge on any atom is 0.251 e. The molecule has 8 nitrogen and oxygen atoms in total. The highest BCUT2D eigenvalue weighted by Gasteiger charge is 2.65. The van der Waals surface area contributed by atoms with Crippen molar-refractivity contribution < 1.29 is 19.1 Å². The first kappa shape index (κ1) is 15.9. The van der Waals surface area contributed by atoms with Crippen molar-refractivity contribution in [2.24, 2.45) is 5.92 Å². The van der Waals surface area contributed by atoms with Crippen molar-refractivity contribution in [2.75, 3.05) is 6.54 Å². The molecule has 0 aromatic carbocycles. The number of aromatic nitrogens is 2. The normalized spacial score (nSPS) is 29.7. The molecule has 0 bridgehead atoms. The van der Waals surface area contributed by atoms with E-state index in [2.05, 4.69) is 10.2 Å². The fourth-order valence-electron chi connectivity index (χ4n) is 3.67. The number of likely N-dealkylation sites (tertiary alicyclic amines) is 2. The molecule has 8 heteroatoms. The molecular weight excluding hydrogens is 300 g/mol. The van der Waals surface area contributed by atoms with E-state index in [4.69, 9.17) is 4.42 Å². The van der Waals surface area contributed by atoms with Gasteiger partial charge in [-0.05, 0) is 26.7 Å². The van der Waals surface area contributed by atoms with Crippen LogP contribution in [0.5, 0.6) is 0 Å². The molecule has 126 valence electrons. The van der Waals surface area contributed by atoms with Crippen LogP contribution in [0.15, 0.2) is 10.8 Å². The molecule has 2 amide bonds. The highest BCUT2D eigenvalue weighted by molar-refractivity contribution is 5.98. The standard InChI is InChI=1S/C15H22N4O4/c1-9(10(2)20)13(21)19-6-4-5-15(19)11(3)18(14(15)22)7-12-17-16-8-23-12/h8-11,20H,4-7H2,1-3H3/t9-,10+,11?,15?/m0/s1. The molecule has 1 aromatic rings. The molecule has 1 aromatic heterocycles. The minimum absolute atomic E-state index is 0.0770. The van der Waals surface area contributed by atoms with Crippen LogP contribution in [0.25, 0.3) is 0 Å². The van der Waals surface area contributed by atoms with Gasteiger partial charge in [0.25, 0.3) is 5.91 Å². The Balaban J connectivity index is 1.78. The first-order valence-corrected chi connectivity index (χ1v) is 7.95. The first-order valence-electron chi connectivity index (χ1n) is 7.95. The van der Waals surface area contributed by atoms with Gasteiger partial charge in [0.15, 0.2) is 0 Å². The Hall–Kier alpha value is -1.96. The van der Waals surface area contributed by atoms with E-state index < -0.39 is 17.6 Å². The molecule has 2 unspecified atom stereocenters. The summed E-state index contributed by atoms with van der Waals surface area (Å²) in [6, 6.07) is -0.116. The van der Waals surface area contributed by atoms with Gasteiger partial charge in [-0.15, -0.1) is 10.2 Å². The molecule has 0 radical (unpaired) electrons. The lowest BCUT2D eigenvalue weighted by Gasteiger charge is -2.56. The molecular formula is C15H22N4O4. The van der Waals surface area contributed by atoms with E-state index >= 15 is 0 Å². The van der Waals surface area contributed by atoms with Gasteiger partial charge in [0, 0.05) is 6.54 Å². The summed E-state index contributed by atoms with van der Waals surface area (Å²) in [4.78, 5) is 28.8. The van der Waals surface area contributed by atoms with Crippen LogP contribution in [0, 0.1) is 5.92 Å². The number of aliphatic hydroxyl groups excluding tert-OH is 1. The second-order valence-corrected chi connectivity index (χ2v) is 6.49. The molecule has 0 saturated carbocycles. The van der Waals surface area contributed by atoms with Gasteiger partial charge in [0.05, 0.1) is 24.6 Å².